The second kappa shape index (κ2) is 4.28. The smallest absolute Gasteiger partial charge is 0.0308 e. The van der Waals surface area contributed by atoms with Gasteiger partial charge in [-0.05, 0) is 31.1 Å². The van der Waals surface area contributed by atoms with Crippen LogP contribution in [0.1, 0.15) is 52.4 Å². The number of halogens is 1. The summed E-state index contributed by atoms with van der Waals surface area (Å²) < 4.78 is 2.65. The lowest BCUT2D eigenvalue weighted by molar-refractivity contribution is 0.196. The van der Waals surface area contributed by atoms with Crippen LogP contribution in [0, 0.1) is 11.8 Å². The van der Waals surface area contributed by atoms with Crippen molar-refractivity contribution in [1.29, 1.82) is 0 Å². The molecule has 0 N–H and O–H groups in total. The highest BCUT2D eigenvalue weighted by atomic mass is 127. The molecule has 2 rings (SSSR count). The van der Waals surface area contributed by atoms with Crippen molar-refractivity contribution in [3.05, 3.63) is 0 Å². The highest BCUT2D eigenvalue weighted by Gasteiger charge is 2.45. The summed E-state index contributed by atoms with van der Waals surface area (Å²) >= 11 is 2.59. The molecule has 1 spiro atoms. The summed E-state index contributed by atoms with van der Waals surface area (Å²) in [5.74, 6) is 1.82. The predicted octanol–water partition coefficient (Wildman–Crippen LogP) is 4.02. The largest absolute Gasteiger partial charge is 0.241 e. The first-order valence-electron chi connectivity index (χ1n) is 6.07. The summed E-state index contributed by atoms with van der Waals surface area (Å²) in [5, 5.41) is 0. The van der Waals surface area contributed by atoms with E-state index < -0.39 is 0 Å². The Morgan fingerprint density at radius 3 is 2.36 bits per heavy atom. The fourth-order valence-electron chi connectivity index (χ4n) is 3.15. The van der Waals surface area contributed by atoms with Crippen LogP contribution in [0.5, 0.6) is 0 Å². The average molecular weight is 307 g/mol. The summed E-state index contributed by atoms with van der Waals surface area (Å²) in [6.45, 7) is 6.10. The van der Waals surface area contributed by atoms with Crippen LogP contribution >= 0.6 is 22.9 Å². The molecule has 1 heterocycles. The first-order valence-corrected chi connectivity index (χ1v) is 7.04. The van der Waals surface area contributed by atoms with Gasteiger partial charge in [0.25, 0.3) is 0 Å². The van der Waals surface area contributed by atoms with Crippen molar-refractivity contribution in [2.75, 3.05) is 6.54 Å². The highest BCUT2D eigenvalue weighted by Crippen LogP contribution is 2.47. The van der Waals surface area contributed by atoms with Crippen LogP contribution in [0.15, 0.2) is 0 Å². The molecule has 2 heteroatoms. The highest BCUT2D eigenvalue weighted by molar-refractivity contribution is 14.1. The molecule has 1 saturated carbocycles. The van der Waals surface area contributed by atoms with Crippen LogP contribution < -0.4 is 0 Å². The Kier molecular flexibility index (Phi) is 3.42. The van der Waals surface area contributed by atoms with Gasteiger partial charge in [0, 0.05) is 34.9 Å². The van der Waals surface area contributed by atoms with Gasteiger partial charge in [0.05, 0.1) is 0 Å². The molecule has 0 radical (unpaired) electrons. The van der Waals surface area contributed by atoms with Gasteiger partial charge >= 0.3 is 0 Å². The molecule has 0 unspecified atom stereocenters. The van der Waals surface area contributed by atoms with E-state index in [2.05, 4.69) is 39.8 Å². The zero-order chi connectivity index (χ0) is 10.2. The van der Waals surface area contributed by atoms with Crippen LogP contribution in [0.2, 0.25) is 0 Å². The number of hydrogen-bond acceptors (Lipinski definition) is 1. The molecule has 0 amide bonds. The third kappa shape index (κ3) is 1.97. The molecular formula is C12H22IN. The van der Waals surface area contributed by atoms with E-state index in [1.54, 1.807) is 0 Å². The number of rotatable bonds is 1. The number of hydrogen-bond donors (Lipinski definition) is 0. The normalized spacial score (nSPS) is 33.0. The Balaban J connectivity index is 2.05. The van der Waals surface area contributed by atoms with Gasteiger partial charge in [0.1, 0.15) is 0 Å². The van der Waals surface area contributed by atoms with Gasteiger partial charge in [-0.3, -0.25) is 0 Å². The minimum absolute atomic E-state index is 0.605. The van der Waals surface area contributed by atoms with Gasteiger partial charge in [-0.15, -0.1) is 0 Å². The predicted molar refractivity (Wildman–Crippen MR) is 69.5 cm³/mol. The standard InChI is InChI=1S/C12H22IN/c1-10(2)11-8-12(14(13)9-11)6-4-3-5-7-12/h10-11H,3-9H2,1-2H3/t11-/m0/s1. The molecular weight excluding hydrogens is 285 g/mol. The van der Waals surface area contributed by atoms with Crippen LogP contribution in [0.25, 0.3) is 0 Å². The lowest BCUT2D eigenvalue weighted by Gasteiger charge is -2.38. The molecule has 1 aliphatic heterocycles. The molecule has 0 bridgehead atoms. The van der Waals surface area contributed by atoms with Gasteiger partial charge in [-0.25, -0.2) is 3.11 Å². The summed E-state index contributed by atoms with van der Waals surface area (Å²) in [6, 6.07) is 0. The van der Waals surface area contributed by atoms with Gasteiger partial charge in [-0.1, -0.05) is 33.1 Å². The van der Waals surface area contributed by atoms with E-state index >= 15 is 0 Å². The van der Waals surface area contributed by atoms with E-state index in [1.165, 1.54) is 45.1 Å². The molecule has 82 valence electrons. The van der Waals surface area contributed by atoms with Crippen LogP contribution in [0.4, 0.5) is 0 Å². The minimum Gasteiger partial charge on any atom is -0.241 e. The third-order valence-electron chi connectivity index (χ3n) is 4.28. The maximum Gasteiger partial charge on any atom is 0.0308 e. The van der Waals surface area contributed by atoms with E-state index in [4.69, 9.17) is 0 Å². The molecule has 1 nitrogen and oxygen atoms in total. The summed E-state index contributed by atoms with van der Waals surface area (Å²) in [4.78, 5) is 0. The van der Waals surface area contributed by atoms with E-state index in [1.807, 2.05) is 0 Å². The Morgan fingerprint density at radius 2 is 1.86 bits per heavy atom. The van der Waals surface area contributed by atoms with Crippen molar-refractivity contribution in [1.82, 2.24) is 3.11 Å². The first kappa shape index (κ1) is 11.2. The van der Waals surface area contributed by atoms with Crippen molar-refractivity contribution >= 4 is 22.9 Å². The summed E-state index contributed by atoms with van der Waals surface area (Å²) in [7, 11) is 0. The Hall–Kier alpha value is 0.690. The van der Waals surface area contributed by atoms with Crippen molar-refractivity contribution in [3.8, 4) is 0 Å². The van der Waals surface area contributed by atoms with Crippen LogP contribution in [0.3, 0.4) is 0 Å². The van der Waals surface area contributed by atoms with Gasteiger partial charge in [-0.2, -0.15) is 0 Å². The Morgan fingerprint density at radius 1 is 1.21 bits per heavy atom. The fraction of sp³-hybridized carbons (Fsp3) is 1.00. The van der Waals surface area contributed by atoms with Gasteiger partial charge in [0.15, 0.2) is 0 Å². The molecule has 0 aromatic rings. The lowest BCUT2D eigenvalue weighted by atomic mass is 9.77. The van der Waals surface area contributed by atoms with Crippen LogP contribution in [-0.4, -0.2) is 15.2 Å². The third-order valence-corrected chi connectivity index (χ3v) is 5.70. The zero-order valence-electron chi connectivity index (χ0n) is 9.43. The molecule has 2 aliphatic rings. The SMILES string of the molecule is CC(C)[C@@H]1CN(I)C2(CCCCC2)C1. The van der Waals surface area contributed by atoms with Crippen molar-refractivity contribution in [3.63, 3.8) is 0 Å². The molecule has 1 aliphatic carbocycles. The Labute approximate surface area is 102 Å². The van der Waals surface area contributed by atoms with Crippen LogP contribution in [-0.2, 0) is 0 Å². The molecule has 2 fully saturated rings. The molecule has 1 atom stereocenters. The van der Waals surface area contributed by atoms with E-state index in [0.29, 0.717) is 5.54 Å². The maximum atomic E-state index is 2.65. The average Bonchev–Trinajstić information content (AvgIpc) is 2.46. The van der Waals surface area contributed by atoms with E-state index in [0.717, 1.165) is 11.8 Å². The fourth-order valence-corrected chi connectivity index (χ4v) is 4.34. The van der Waals surface area contributed by atoms with Gasteiger partial charge < -0.3 is 0 Å². The van der Waals surface area contributed by atoms with Crippen molar-refractivity contribution in [2.24, 2.45) is 11.8 Å². The topological polar surface area (TPSA) is 3.24 Å². The summed E-state index contributed by atoms with van der Waals surface area (Å²) in [6.07, 6.45) is 8.78. The zero-order valence-corrected chi connectivity index (χ0v) is 11.6. The first-order chi connectivity index (χ1) is 6.64. The summed E-state index contributed by atoms with van der Waals surface area (Å²) in [5.41, 5.74) is 0.605. The molecule has 14 heavy (non-hydrogen) atoms. The van der Waals surface area contributed by atoms with Crippen molar-refractivity contribution in [2.45, 2.75) is 57.9 Å². The second-order valence-corrected chi connectivity index (χ2v) is 6.70. The van der Waals surface area contributed by atoms with E-state index in [-0.39, 0.29) is 0 Å². The maximum absolute atomic E-state index is 2.65. The number of nitrogens with zero attached hydrogens (tertiary/aromatic N) is 1. The molecule has 1 saturated heterocycles. The van der Waals surface area contributed by atoms with Gasteiger partial charge in [0.2, 0.25) is 0 Å². The second-order valence-electron chi connectivity index (χ2n) is 5.54. The monoisotopic (exact) mass is 307 g/mol. The lowest BCUT2D eigenvalue weighted by Crippen LogP contribution is -2.39. The molecule has 0 aromatic heterocycles. The minimum atomic E-state index is 0.605. The van der Waals surface area contributed by atoms with Crippen molar-refractivity contribution < 1.29 is 0 Å². The quantitative estimate of drug-likeness (QED) is 0.522. The Bertz CT molecular complexity index is 196. The van der Waals surface area contributed by atoms with E-state index in [9.17, 15) is 0 Å². The molecule has 0 aromatic carbocycles.